The summed E-state index contributed by atoms with van der Waals surface area (Å²) in [5.74, 6) is -0.982. The Bertz CT molecular complexity index is 473. The zero-order valence-electron chi connectivity index (χ0n) is 8.12. The zero-order chi connectivity index (χ0) is 13.2. The fraction of sp³-hybridized carbons (Fsp3) is 0.222. The molecule has 0 heterocycles. The third-order valence-electron chi connectivity index (χ3n) is 1.94. The first-order chi connectivity index (χ1) is 7.79. The highest BCUT2D eigenvalue weighted by molar-refractivity contribution is 9.09. The average molecular weight is 312 g/mol. The smallest absolute Gasteiger partial charge is 0.293 e. The topological polar surface area (TPSA) is 60.2 Å². The Morgan fingerprint density at radius 3 is 2.41 bits per heavy atom. The SMILES string of the molecule is O=C(CBr)c1c([N+](=O)[O-])cccc1C(F)(F)F. The lowest BCUT2D eigenvalue weighted by molar-refractivity contribution is -0.385. The summed E-state index contributed by atoms with van der Waals surface area (Å²) in [6.07, 6.45) is -4.81. The lowest BCUT2D eigenvalue weighted by atomic mass is 10.0. The van der Waals surface area contributed by atoms with E-state index in [2.05, 4.69) is 15.9 Å². The van der Waals surface area contributed by atoms with Crippen molar-refractivity contribution in [1.82, 2.24) is 0 Å². The molecule has 0 amide bonds. The monoisotopic (exact) mass is 311 g/mol. The van der Waals surface area contributed by atoms with E-state index in [0.29, 0.717) is 6.07 Å². The lowest BCUT2D eigenvalue weighted by Crippen LogP contribution is -2.15. The van der Waals surface area contributed by atoms with Crippen LogP contribution in [-0.4, -0.2) is 16.0 Å². The number of hydrogen-bond donors (Lipinski definition) is 0. The number of carbonyl (C=O) groups excluding carboxylic acids is 1. The predicted octanol–water partition coefficient (Wildman–Crippen LogP) is 3.19. The molecule has 0 aliphatic heterocycles. The minimum Gasteiger partial charge on any atom is -0.293 e. The van der Waals surface area contributed by atoms with Crippen LogP contribution in [0.4, 0.5) is 18.9 Å². The second kappa shape index (κ2) is 4.82. The molecule has 1 aromatic rings. The molecule has 0 saturated carbocycles. The van der Waals surface area contributed by atoms with E-state index in [4.69, 9.17) is 0 Å². The first-order valence-electron chi connectivity index (χ1n) is 4.22. The highest BCUT2D eigenvalue weighted by Crippen LogP contribution is 2.36. The van der Waals surface area contributed by atoms with Gasteiger partial charge in [0.1, 0.15) is 5.56 Å². The van der Waals surface area contributed by atoms with E-state index in [0.717, 1.165) is 12.1 Å². The summed E-state index contributed by atoms with van der Waals surface area (Å²) in [5, 5.41) is 10.2. The van der Waals surface area contributed by atoms with Gasteiger partial charge in [0, 0.05) is 6.07 Å². The molecule has 0 spiro atoms. The summed E-state index contributed by atoms with van der Waals surface area (Å²) >= 11 is 2.70. The maximum atomic E-state index is 12.6. The van der Waals surface area contributed by atoms with Crippen LogP contribution in [0.2, 0.25) is 0 Å². The minimum atomic E-state index is -4.81. The molecule has 0 radical (unpaired) electrons. The zero-order valence-corrected chi connectivity index (χ0v) is 9.71. The fourth-order valence-corrected chi connectivity index (χ4v) is 1.57. The van der Waals surface area contributed by atoms with E-state index in [-0.39, 0.29) is 0 Å². The van der Waals surface area contributed by atoms with Crippen LogP contribution in [0.1, 0.15) is 15.9 Å². The van der Waals surface area contributed by atoms with Gasteiger partial charge in [-0.3, -0.25) is 14.9 Å². The molecule has 4 nitrogen and oxygen atoms in total. The second-order valence-electron chi connectivity index (χ2n) is 3.01. The number of halogens is 4. The van der Waals surface area contributed by atoms with Crippen molar-refractivity contribution in [2.24, 2.45) is 0 Å². The molecule has 0 unspecified atom stereocenters. The van der Waals surface area contributed by atoms with E-state index in [1.807, 2.05) is 0 Å². The van der Waals surface area contributed by atoms with E-state index in [9.17, 15) is 28.1 Å². The third kappa shape index (κ3) is 2.82. The number of Topliss-reactive ketones (excluding diaryl/α,β-unsaturated/α-hetero) is 1. The molecule has 0 atom stereocenters. The molecule has 0 aliphatic rings. The summed E-state index contributed by atoms with van der Waals surface area (Å²) < 4.78 is 37.8. The quantitative estimate of drug-likeness (QED) is 0.373. The summed E-state index contributed by atoms with van der Waals surface area (Å²) in [6.45, 7) is 0. The summed E-state index contributed by atoms with van der Waals surface area (Å²) in [7, 11) is 0. The van der Waals surface area contributed by atoms with E-state index in [1.54, 1.807) is 0 Å². The molecular weight excluding hydrogens is 307 g/mol. The summed E-state index contributed by atoms with van der Waals surface area (Å²) in [4.78, 5) is 20.9. The summed E-state index contributed by atoms with van der Waals surface area (Å²) in [5.41, 5.74) is -3.05. The van der Waals surface area contributed by atoms with Crippen molar-refractivity contribution >= 4 is 27.4 Å². The maximum Gasteiger partial charge on any atom is 0.417 e. The molecular formula is C9H5BrF3NO3. The average Bonchev–Trinajstić information content (AvgIpc) is 2.25. The Kier molecular flexibility index (Phi) is 3.87. The first-order valence-corrected chi connectivity index (χ1v) is 5.35. The van der Waals surface area contributed by atoms with Crippen molar-refractivity contribution in [3.8, 4) is 0 Å². The Balaban J connectivity index is 3.57. The highest BCUT2D eigenvalue weighted by Gasteiger charge is 2.38. The third-order valence-corrected chi connectivity index (χ3v) is 2.45. The number of ketones is 1. The number of nitrogens with zero attached hydrogens (tertiary/aromatic N) is 1. The Morgan fingerprint density at radius 2 is 2.00 bits per heavy atom. The van der Waals surface area contributed by atoms with Crippen LogP contribution >= 0.6 is 15.9 Å². The van der Waals surface area contributed by atoms with Gasteiger partial charge in [-0.25, -0.2) is 0 Å². The number of carbonyl (C=O) groups is 1. The van der Waals surface area contributed by atoms with Gasteiger partial charge < -0.3 is 0 Å². The van der Waals surface area contributed by atoms with Gasteiger partial charge in [0.15, 0.2) is 5.78 Å². The normalized spacial score (nSPS) is 11.3. The summed E-state index contributed by atoms with van der Waals surface area (Å²) in [6, 6.07) is 2.40. The Hall–Kier alpha value is -1.44. The molecule has 1 aromatic carbocycles. The highest BCUT2D eigenvalue weighted by atomic mass is 79.9. The molecule has 17 heavy (non-hydrogen) atoms. The predicted molar refractivity (Wildman–Crippen MR) is 56.2 cm³/mol. The Morgan fingerprint density at radius 1 is 1.41 bits per heavy atom. The molecule has 0 aliphatic carbocycles. The molecule has 1 rings (SSSR count). The Labute approximate surface area is 102 Å². The van der Waals surface area contributed by atoms with Gasteiger partial charge in [0.25, 0.3) is 5.69 Å². The molecule has 0 aromatic heterocycles. The lowest BCUT2D eigenvalue weighted by Gasteiger charge is -2.11. The van der Waals surface area contributed by atoms with Gasteiger partial charge in [0.2, 0.25) is 0 Å². The largest absolute Gasteiger partial charge is 0.417 e. The van der Waals surface area contributed by atoms with Gasteiger partial charge in [-0.1, -0.05) is 22.0 Å². The fourth-order valence-electron chi connectivity index (χ4n) is 1.29. The van der Waals surface area contributed by atoms with Crippen LogP contribution in [0, 0.1) is 10.1 Å². The van der Waals surface area contributed by atoms with Crippen molar-refractivity contribution < 1.29 is 22.9 Å². The van der Waals surface area contributed by atoms with E-state index < -0.39 is 39.0 Å². The van der Waals surface area contributed by atoms with Crippen LogP contribution in [0.3, 0.4) is 0 Å². The first kappa shape index (κ1) is 13.6. The molecule has 0 fully saturated rings. The number of nitro groups is 1. The van der Waals surface area contributed by atoms with Crippen LogP contribution in [0.5, 0.6) is 0 Å². The van der Waals surface area contributed by atoms with Crippen molar-refractivity contribution in [2.75, 3.05) is 5.33 Å². The van der Waals surface area contributed by atoms with Crippen molar-refractivity contribution in [2.45, 2.75) is 6.18 Å². The maximum absolute atomic E-state index is 12.6. The van der Waals surface area contributed by atoms with E-state index >= 15 is 0 Å². The molecule has 8 heteroatoms. The van der Waals surface area contributed by atoms with E-state index in [1.165, 1.54) is 0 Å². The van der Waals surface area contributed by atoms with Crippen LogP contribution in [0.25, 0.3) is 0 Å². The molecule has 0 saturated heterocycles. The number of hydrogen-bond acceptors (Lipinski definition) is 3. The second-order valence-corrected chi connectivity index (χ2v) is 3.57. The standard InChI is InChI=1S/C9H5BrF3NO3/c10-4-7(15)8-5(9(11,12)13)2-1-3-6(8)14(16)17/h1-3H,4H2. The number of rotatable bonds is 3. The molecule has 92 valence electrons. The number of alkyl halides is 4. The van der Waals surface area contributed by atoms with Gasteiger partial charge in [-0.15, -0.1) is 0 Å². The van der Waals surface area contributed by atoms with Gasteiger partial charge >= 0.3 is 6.18 Å². The molecule has 0 N–H and O–H groups in total. The van der Waals surface area contributed by atoms with Crippen LogP contribution < -0.4 is 0 Å². The van der Waals surface area contributed by atoms with Gasteiger partial charge in [-0.2, -0.15) is 13.2 Å². The van der Waals surface area contributed by atoms with Gasteiger partial charge in [0.05, 0.1) is 15.8 Å². The number of benzene rings is 1. The van der Waals surface area contributed by atoms with Crippen molar-refractivity contribution in [3.05, 3.63) is 39.4 Å². The molecule has 0 bridgehead atoms. The van der Waals surface area contributed by atoms with Crippen LogP contribution in [-0.2, 0) is 6.18 Å². The van der Waals surface area contributed by atoms with Gasteiger partial charge in [-0.05, 0) is 6.07 Å². The van der Waals surface area contributed by atoms with Crippen molar-refractivity contribution in [1.29, 1.82) is 0 Å². The van der Waals surface area contributed by atoms with Crippen LogP contribution in [0.15, 0.2) is 18.2 Å². The number of nitro benzene ring substituents is 1. The minimum absolute atomic E-state index is 0.416. The van der Waals surface area contributed by atoms with Crippen molar-refractivity contribution in [3.63, 3.8) is 0 Å².